The van der Waals surface area contributed by atoms with Crippen molar-refractivity contribution in [1.29, 1.82) is 0 Å². The number of imidazole rings is 1. The number of hydrogen-bond acceptors (Lipinski definition) is 7. The zero-order valence-corrected chi connectivity index (χ0v) is 14.2. The lowest BCUT2D eigenvalue weighted by atomic mass is 10.3. The van der Waals surface area contributed by atoms with Crippen molar-refractivity contribution in [3.05, 3.63) is 11.0 Å². The fourth-order valence-corrected chi connectivity index (χ4v) is 2.59. The van der Waals surface area contributed by atoms with Crippen LogP contribution in [-0.2, 0) is 6.54 Å². The van der Waals surface area contributed by atoms with Crippen molar-refractivity contribution < 1.29 is 0 Å². The number of nitrogens with two attached hydrogens (primary N) is 2. The molecule has 128 valence electrons. The highest BCUT2D eigenvalue weighted by Gasteiger charge is 2.06. The predicted molar refractivity (Wildman–Crippen MR) is 95.8 cm³/mol. The molecule has 0 unspecified atom stereocenters. The average molecular weight is 338 g/mol. The molecule has 0 radical (unpaired) electrons. The maximum atomic E-state index is 5.71. The number of anilines is 1. The summed E-state index contributed by atoms with van der Waals surface area (Å²) in [5.74, 6) is 0.324. The molecule has 2 aromatic heterocycles. The summed E-state index contributed by atoms with van der Waals surface area (Å²) in [4.78, 5) is 11.3. The molecule has 0 saturated heterocycles. The average Bonchev–Trinajstić information content (AvgIpc) is 2.92. The lowest BCUT2D eigenvalue weighted by Gasteiger charge is -2.07. The van der Waals surface area contributed by atoms with Crippen LogP contribution in [0.4, 0.5) is 5.95 Å². The summed E-state index contributed by atoms with van der Waals surface area (Å²) in [6.45, 7) is 5.61. The van der Waals surface area contributed by atoms with Gasteiger partial charge in [-0.2, -0.15) is 0 Å². The molecule has 2 rings (SSSR count). The zero-order valence-electron chi connectivity index (χ0n) is 13.3. The normalized spacial score (nSPS) is 11.3. The van der Waals surface area contributed by atoms with Crippen molar-refractivity contribution in [2.75, 3.05) is 38.5 Å². The van der Waals surface area contributed by atoms with E-state index in [1.165, 1.54) is 0 Å². The number of fused-ring (bicyclic) bond motifs is 1. The monoisotopic (exact) mass is 338 g/mol. The summed E-state index contributed by atoms with van der Waals surface area (Å²) in [7, 11) is 0. The van der Waals surface area contributed by atoms with E-state index in [0.29, 0.717) is 16.1 Å². The van der Waals surface area contributed by atoms with E-state index in [2.05, 4.69) is 25.6 Å². The molecule has 0 aliphatic carbocycles. The number of aromatic amines is 1. The first kappa shape index (κ1) is 17.8. The van der Waals surface area contributed by atoms with E-state index in [9.17, 15) is 0 Å². The first-order valence-electron chi connectivity index (χ1n) is 8.04. The minimum Gasteiger partial charge on any atom is -0.369 e. The number of rotatable bonds is 11. The smallest absolute Gasteiger partial charge is 0.200 e. The molecule has 0 aromatic carbocycles. The molecular formula is C14H26N8S. The maximum Gasteiger partial charge on any atom is 0.200 e. The SMILES string of the molecule is NCCCNCCCNCCCn1cnc2c(=S)nc(N)[nH]c21. The number of nitrogens with zero attached hydrogens (tertiary/aromatic N) is 3. The predicted octanol–water partition coefficient (Wildman–Crippen LogP) is 0.379. The maximum absolute atomic E-state index is 5.71. The van der Waals surface area contributed by atoms with Gasteiger partial charge in [-0.05, 0) is 52.0 Å². The molecule has 0 spiro atoms. The van der Waals surface area contributed by atoms with Gasteiger partial charge in [-0.15, -0.1) is 0 Å². The molecule has 0 fully saturated rings. The third-order valence-electron chi connectivity index (χ3n) is 3.53. The Balaban J connectivity index is 1.64. The van der Waals surface area contributed by atoms with Crippen LogP contribution in [0.1, 0.15) is 19.3 Å². The second-order valence-electron chi connectivity index (χ2n) is 5.41. The van der Waals surface area contributed by atoms with E-state index in [1.54, 1.807) is 6.33 Å². The van der Waals surface area contributed by atoms with Gasteiger partial charge < -0.3 is 31.7 Å². The first-order chi connectivity index (χ1) is 11.2. The number of nitrogens with one attached hydrogen (secondary N) is 3. The van der Waals surface area contributed by atoms with Crippen LogP contribution in [0.15, 0.2) is 6.33 Å². The van der Waals surface area contributed by atoms with E-state index in [4.69, 9.17) is 23.7 Å². The number of nitrogen functional groups attached to an aromatic ring is 1. The van der Waals surface area contributed by atoms with Crippen LogP contribution in [0.25, 0.3) is 11.2 Å². The Bertz CT molecular complexity index is 650. The van der Waals surface area contributed by atoms with Gasteiger partial charge in [-0.3, -0.25) is 0 Å². The minimum absolute atomic E-state index is 0.324. The highest BCUT2D eigenvalue weighted by molar-refractivity contribution is 7.71. The van der Waals surface area contributed by atoms with Gasteiger partial charge in [0.05, 0.1) is 6.33 Å². The standard InChI is InChI=1S/C14H26N8S/c15-4-1-5-17-6-2-7-18-8-3-9-22-10-19-11-12(22)20-14(16)21-13(11)23/h10,17-18H,1-9,15H2,(H3,16,20,21,23). The summed E-state index contributed by atoms with van der Waals surface area (Å²) in [5.41, 5.74) is 12.7. The molecule has 0 saturated carbocycles. The van der Waals surface area contributed by atoms with E-state index < -0.39 is 0 Å². The zero-order chi connectivity index (χ0) is 16.5. The van der Waals surface area contributed by atoms with Gasteiger partial charge in [0.15, 0.2) is 10.6 Å². The van der Waals surface area contributed by atoms with Crippen LogP contribution in [0.3, 0.4) is 0 Å². The van der Waals surface area contributed by atoms with Gasteiger partial charge in [-0.25, -0.2) is 9.97 Å². The van der Waals surface area contributed by atoms with Crippen molar-refractivity contribution in [2.24, 2.45) is 5.73 Å². The van der Waals surface area contributed by atoms with Crippen LogP contribution in [0.5, 0.6) is 0 Å². The Morgan fingerprint density at radius 2 is 1.83 bits per heavy atom. The van der Waals surface area contributed by atoms with Gasteiger partial charge in [-0.1, -0.05) is 12.2 Å². The van der Waals surface area contributed by atoms with Crippen LogP contribution >= 0.6 is 12.2 Å². The van der Waals surface area contributed by atoms with Gasteiger partial charge in [0.25, 0.3) is 0 Å². The third kappa shape index (κ3) is 5.54. The highest BCUT2D eigenvalue weighted by Crippen LogP contribution is 2.12. The van der Waals surface area contributed by atoms with Crippen LogP contribution in [0.2, 0.25) is 0 Å². The molecule has 8 nitrogen and oxygen atoms in total. The lowest BCUT2D eigenvalue weighted by Crippen LogP contribution is -2.24. The van der Waals surface area contributed by atoms with Crippen molar-refractivity contribution in [3.8, 4) is 0 Å². The van der Waals surface area contributed by atoms with Crippen LogP contribution in [0, 0.1) is 4.64 Å². The van der Waals surface area contributed by atoms with E-state index in [-0.39, 0.29) is 0 Å². The van der Waals surface area contributed by atoms with E-state index in [1.807, 2.05) is 4.57 Å². The topological polar surface area (TPSA) is 123 Å². The lowest BCUT2D eigenvalue weighted by molar-refractivity contribution is 0.555. The summed E-state index contributed by atoms with van der Waals surface area (Å²) >= 11 is 5.16. The minimum atomic E-state index is 0.324. The molecule has 0 aliphatic heterocycles. The number of aryl methyl sites for hydroxylation is 1. The summed E-state index contributed by atoms with van der Waals surface area (Å²) in [6.07, 6.45) is 4.94. The first-order valence-corrected chi connectivity index (χ1v) is 8.45. The Morgan fingerprint density at radius 1 is 1.13 bits per heavy atom. The molecular weight excluding hydrogens is 312 g/mol. The molecule has 0 aliphatic rings. The summed E-state index contributed by atoms with van der Waals surface area (Å²) in [6, 6.07) is 0. The summed E-state index contributed by atoms with van der Waals surface area (Å²) < 4.78 is 2.47. The quantitative estimate of drug-likeness (QED) is 0.296. The molecule has 2 aromatic rings. The van der Waals surface area contributed by atoms with Crippen molar-refractivity contribution in [3.63, 3.8) is 0 Å². The van der Waals surface area contributed by atoms with Crippen molar-refractivity contribution in [2.45, 2.75) is 25.8 Å². The third-order valence-corrected chi connectivity index (χ3v) is 3.81. The van der Waals surface area contributed by atoms with Crippen molar-refractivity contribution >= 4 is 29.3 Å². The number of aromatic nitrogens is 4. The van der Waals surface area contributed by atoms with E-state index in [0.717, 1.165) is 64.2 Å². The molecule has 0 bridgehead atoms. The fraction of sp³-hybridized carbons (Fsp3) is 0.643. The van der Waals surface area contributed by atoms with Gasteiger partial charge in [0, 0.05) is 6.54 Å². The van der Waals surface area contributed by atoms with Crippen molar-refractivity contribution in [1.82, 2.24) is 30.2 Å². The molecule has 9 heteroatoms. The van der Waals surface area contributed by atoms with Crippen LogP contribution in [-0.4, -0.2) is 52.2 Å². The Kier molecular flexibility index (Phi) is 7.40. The molecule has 0 atom stereocenters. The highest BCUT2D eigenvalue weighted by atomic mass is 32.1. The second kappa shape index (κ2) is 9.56. The number of hydrogen-bond donors (Lipinski definition) is 5. The molecule has 23 heavy (non-hydrogen) atoms. The molecule has 7 N–H and O–H groups in total. The Hall–Kier alpha value is -1.55. The van der Waals surface area contributed by atoms with Crippen LogP contribution < -0.4 is 22.1 Å². The molecule has 0 amide bonds. The van der Waals surface area contributed by atoms with E-state index >= 15 is 0 Å². The summed E-state index contributed by atoms with van der Waals surface area (Å²) in [5, 5.41) is 6.81. The fourth-order valence-electron chi connectivity index (χ4n) is 2.34. The van der Waals surface area contributed by atoms with Gasteiger partial charge in [0.1, 0.15) is 11.2 Å². The Morgan fingerprint density at radius 3 is 2.57 bits per heavy atom. The van der Waals surface area contributed by atoms with Gasteiger partial charge in [0.2, 0.25) is 0 Å². The second-order valence-corrected chi connectivity index (χ2v) is 5.80. The number of H-pyrrole nitrogens is 1. The molecule has 2 heterocycles. The Labute approximate surface area is 141 Å². The largest absolute Gasteiger partial charge is 0.369 e. The van der Waals surface area contributed by atoms with Gasteiger partial charge >= 0.3 is 0 Å².